The topological polar surface area (TPSA) is 76.2 Å². The van der Waals surface area contributed by atoms with Crippen LogP contribution in [0.2, 0.25) is 0 Å². The van der Waals surface area contributed by atoms with Crippen LogP contribution in [-0.4, -0.2) is 34.6 Å². The SMILES string of the molecule is O=C(NC12CCCC(c3nc4cc(C(F)(F)F)ccc4[nH]3)(C1)C2)c1ccc2c(c1)OCCO2. The van der Waals surface area contributed by atoms with Crippen LogP contribution in [0.4, 0.5) is 13.2 Å². The van der Waals surface area contributed by atoms with Gasteiger partial charge in [0.2, 0.25) is 0 Å². The third kappa shape index (κ3) is 3.32. The van der Waals surface area contributed by atoms with E-state index in [9.17, 15) is 18.0 Å². The lowest BCUT2D eigenvalue weighted by Gasteiger charge is -2.60. The molecule has 4 aliphatic rings. The number of carbonyl (C=O) groups excluding carboxylic acids is 1. The fourth-order valence-corrected chi connectivity index (χ4v) is 5.73. The molecule has 2 aromatic carbocycles. The zero-order valence-electron chi connectivity index (χ0n) is 17.7. The summed E-state index contributed by atoms with van der Waals surface area (Å²) in [4.78, 5) is 20.8. The maximum absolute atomic E-state index is 13.1. The molecule has 3 aromatic rings. The van der Waals surface area contributed by atoms with Gasteiger partial charge in [0.15, 0.2) is 11.5 Å². The van der Waals surface area contributed by atoms with Crippen molar-refractivity contribution >= 4 is 16.9 Å². The summed E-state index contributed by atoms with van der Waals surface area (Å²) in [7, 11) is 0. The molecular weight excluding hydrogens is 435 g/mol. The van der Waals surface area contributed by atoms with E-state index in [0.29, 0.717) is 60.0 Å². The van der Waals surface area contributed by atoms with Crippen LogP contribution in [0.3, 0.4) is 0 Å². The highest BCUT2D eigenvalue weighted by Crippen LogP contribution is 2.58. The quantitative estimate of drug-likeness (QED) is 0.596. The summed E-state index contributed by atoms with van der Waals surface area (Å²) in [6, 6.07) is 8.77. The number of fused-ring (bicyclic) bond motifs is 4. The second-order valence-corrected chi connectivity index (χ2v) is 9.40. The number of nitrogens with zero attached hydrogens (tertiary/aromatic N) is 1. The fraction of sp³-hybridized carbons (Fsp3) is 0.417. The van der Waals surface area contributed by atoms with Gasteiger partial charge in [0.1, 0.15) is 19.0 Å². The number of amides is 1. The normalized spacial score (nSPS) is 26.0. The van der Waals surface area contributed by atoms with Gasteiger partial charge in [0, 0.05) is 16.5 Å². The molecule has 33 heavy (non-hydrogen) atoms. The molecule has 0 saturated heterocycles. The van der Waals surface area contributed by atoms with Gasteiger partial charge in [-0.25, -0.2) is 4.98 Å². The van der Waals surface area contributed by atoms with E-state index >= 15 is 0 Å². The molecule has 1 aliphatic heterocycles. The largest absolute Gasteiger partial charge is 0.486 e. The van der Waals surface area contributed by atoms with Gasteiger partial charge < -0.3 is 19.8 Å². The van der Waals surface area contributed by atoms with Crippen molar-refractivity contribution < 1.29 is 27.4 Å². The smallest absolute Gasteiger partial charge is 0.416 e. The van der Waals surface area contributed by atoms with Gasteiger partial charge in [-0.05, 0) is 62.1 Å². The molecule has 7 rings (SSSR count). The van der Waals surface area contributed by atoms with Crippen LogP contribution < -0.4 is 14.8 Å². The van der Waals surface area contributed by atoms with E-state index in [1.54, 1.807) is 18.2 Å². The number of hydrogen-bond acceptors (Lipinski definition) is 4. The molecule has 0 unspecified atom stereocenters. The Hall–Kier alpha value is -3.23. The highest BCUT2D eigenvalue weighted by Gasteiger charge is 2.60. The Morgan fingerprint density at radius 2 is 1.82 bits per heavy atom. The van der Waals surface area contributed by atoms with E-state index < -0.39 is 11.7 Å². The van der Waals surface area contributed by atoms with Crippen LogP contribution in [0, 0.1) is 0 Å². The molecule has 3 aliphatic carbocycles. The van der Waals surface area contributed by atoms with Crippen molar-refractivity contribution in [1.82, 2.24) is 15.3 Å². The highest BCUT2D eigenvalue weighted by atomic mass is 19.4. The average Bonchev–Trinajstić information content (AvgIpc) is 3.22. The number of hydrogen-bond donors (Lipinski definition) is 2. The van der Waals surface area contributed by atoms with Gasteiger partial charge in [-0.1, -0.05) is 6.42 Å². The van der Waals surface area contributed by atoms with E-state index in [2.05, 4.69) is 15.3 Å². The number of aromatic nitrogens is 2. The lowest BCUT2D eigenvalue weighted by atomic mass is 9.49. The lowest BCUT2D eigenvalue weighted by Crippen LogP contribution is -2.66. The number of imidazole rings is 1. The van der Waals surface area contributed by atoms with Crippen molar-refractivity contribution in [3.05, 3.63) is 53.3 Å². The molecule has 3 fully saturated rings. The Morgan fingerprint density at radius 1 is 1.03 bits per heavy atom. The Kier molecular flexibility index (Phi) is 4.25. The Labute approximate surface area is 187 Å². The highest BCUT2D eigenvalue weighted by molar-refractivity contribution is 5.95. The van der Waals surface area contributed by atoms with Crippen molar-refractivity contribution in [3.63, 3.8) is 0 Å². The molecule has 6 nitrogen and oxygen atoms in total. The summed E-state index contributed by atoms with van der Waals surface area (Å²) in [5, 5.41) is 3.22. The van der Waals surface area contributed by atoms with Gasteiger partial charge in [0.25, 0.3) is 5.91 Å². The minimum atomic E-state index is -4.40. The van der Waals surface area contributed by atoms with E-state index in [4.69, 9.17) is 9.47 Å². The van der Waals surface area contributed by atoms with Crippen molar-refractivity contribution in [3.8, 4) is 11.5 Å². The van der Waals surface area contributed by atoms with E-state index in [-0.39, 0.29) is 16.9 Å². The van der Waals surface area contributed by atoms with E-state index in [1.165, 1.54) is 6.07 Å². The van der Waals surface area contributed by atoms with Gasteiger partial charge in [0.05, 0.1) is 16.6 Å². The number of aromatic amines is 1. The number of rotatable bonds is 3. The minimum Gasteiger partial charge on any atom is -0.486 e. The Balaban J connectivity index is 1.22. The van der Waals surface area contributed by atoms with Gasteiger partial charge >= 0.3 is 6.18 Å². The Bertz CT molecular complexity index is 1260. The van der Waals surface area contributed by atoms with Crippen molar-refractivity contribution in [1.29, 1.82) is 0 Å². The minimum absolute atomic E-state index is 0.165. The third-order valence-electron chi connectivity index (χ3n) is 7.16. The van der Waals surface area contributed by atoms with E-state index in [1.807, 2.05) is 0 Å². The zero-order chi connectivity index (χ0) is 22.8. The van der Waals surface area contributed by atoms with Crippen LogP contribution in [-0.2, 0) is 11.6 Å². The summed E-state index contributed by atoms with van der Waals surface area (Å²) >= 11 is 0. The average molecular weight is 457 g/mol. The first-order chi connectivity index (χ1) is 15.8. The molecule has 2 heterocycles. The number of benzene rings is 2. The number of H-pyrrole nitrogens is 1. The molecule has 0 atom stereocenters. The number of halogens is 3. The monoisotopic (exact) mass is 457 g/mol. The first kappa shape index (κ1) is 20.4. The number of ether oxygens (including phenoxy) is 2. The second-order valence-electron chi connectivity index (χ2n) is 9.40. The standard InChI is InChI=1S/C24H22F3N3O3/c25-24(26,27)15-3-4-16-17(11-15)29-21(28-16)22-6-1-7-23(12-22,13-22)30-20(31)14-2-5-18-19(10-14)33-9-8-32-18/h2-5,10-11H,1,6-9,12-13H2,(H,28,29)(H,30,31). The van der Waals surface area contributed by atoms with Crippen molar-refractivity contribution in [2.24, 2.45) is 0 Å². The molecule has 1 aromatic heterocycles. The molecule has 0 radical (unpaired) electrons. The first-order valence-electron chi connectivity index (χ1n) is 11.1. The molecular formula is C24H22F3N3O3. The molecule has 3 saturated carbocycles. The third-order valence-corrected chi connectivity index (χ3v) is 7.16. The molecule has 172 valence electrons. The van der Waals surface area contributed by atoms with Crippen LogP contribution in [0.1, 0.15) is 53.8 Å². The second kappa shape index (κ2) is 6.88. The van der Waals surface area contributed by atoms with Crippen LogP contribution >= 0.6 is 0 Å². The van der Waals surface area contributed by atoms with Crippen LogP contribution in [0.5, 0.6) is 11.5 Å². The number of nitrogens with one attached hydrogen (secondary N) is 2. The zero-order valence-corrected chi connectivity index (χ0v) is 17.7. The van der Waals surface area contributed by atoms with Gasteiger partial charge in [-0.3, -0.25) is 4.79 Å². The molecule has 1 amide bonds. The maximum Gasteiger partial charge on any atom is 0.416 e. The molecule has 2 N–H and O–H groups in total. The first-order valence-corrected chi connectivity index (χ1v) is 11.1. The maximum atomic E-state index is 13.1. The number of carbonyl (C=O) groups is 1. The lowest BCUT2D eigenvalue weighted by molar-refractivity contribution is -0.137. The Morgan fingerprint density at radius 3 is 2.61 bits per heavy atom. The van der Waals surface area contributed by atoms with Crippen molar-refractivity contribution in [2.75, 3.05) is 13.2 Å². The van der Waals surface area contributed by atoms with E-state index in [0.717, 1.165) is 31.4 Å². The summed E-state index contributed by atoms with van der Waals surface area (Å²) < 4.78 is 50.3. The number of alkyl halides is 3. The summed E-state index contributed by atoms with van der Waals surface area (Å²) in [5.41, 5.74) is 0.131. The summed E-state index contributed by atoms with van der Waals surface area (Å²) in [6.07, 6.45) is -0.318. The fourth-order valence-electron chi connectivity index (χ4n) is 5.73. The van der Waals surface area contributed by atoms with Crippen LogP contribution in [0.15, 0.2) is 36.4 Å². The molecule has 0 spiro atoms. The van der Waals surface area contributed by atoms with Crippen LogP contribution in [0.25, 0.3) is 11.0 Å². The van der Waals surface area contributed by atoms with Crippen molar-refractivity contribution in [2.45, 2.75) is 49.2 Å². The predicted molar refractivity (Wildman–Crippen MR) is 113 cm³/mol. The molecule has 9 heteroatoms. The van der Waals surface area contributed by atoms with Gasteiger partial charge in [-0.15, -0.1) is 0 Å². The summed E-state index contributed by atoms with van der Waals surface area (Å²) in [5.74, 6) is 1.75. The summed E-state index contributed by atoms with van der Waals surface area (Å²) in [6.45, 7) is 0.940. The molecule has 2 bridgehead atoms. The predicted octanol–water partition coefficient (Wildman–Crippen LogP) is 4.74. The van der Waals surface area contributed by atoms with Gasteiger partial charge in [-0.2, -0.15) is 13.2 Å².